The molecule has 0 saturated heterocycles. The number of amides is 1. The fourth-order valence-corrected chi connectivity index (χ4v) is 10.4. The van der Waals surface area contributed by atoms with Crippen molar-refractivity contribution in [1.29, 1.82) is 0 Å². The number of nitrogens with zero attached hydrogens (tertiary/aromatic N) is 1. The van der Waals surface area contributed by atoms with Gasteiger partial charge in [0, 0.05) is 25.7 Å². The second kappa shape index (κ2) is 15.5. The van der Waals surface area contributed by atoms with E-state index in [0.717, 1.165) is 25.4 Å². The molecule has 1 amide bonds. The highest BCUT2D eigenvalue weighted by Crippen LogP contribution is 2.56. The second-order valence-electron chi connectivity index (χ2n) is 11.7. The van der Waals surface area contributed by atoms with Crippen molar-refractivity contribution in [2.45, 2.75) is 19.3 Å². The van der Waals surface area contributed by atoms with Gasteiger partial charge in [-0.3, -0.25) is 4.79 Å². The number of hydrogen-bond acceptors (Lipinski definition) is 5. The van der Waals surface area contributed by atoms with Gasteiger partial charge < -0.3 is 36.1 Å². The number of phenolic OH excluding ortho intramolecular Hbond substituents is 1. The maximum absolute atomic E-state index is 12.9. The number of ether oxygens (including phenoxy) is 1. The molecule has 0 aliphatic rings. The standard InChI is InChI=1S/C40H36NO5P.BrH/c1-41(2)40(44)46-36-26-25-34-35(42)28-37(45-39(34)38(36)43)30-23-21-29(22-24-30)14-12-13-27-47(31-15-6-3-7-16-31,32-17-8-4-9-18-32)33-19-10-5-11-20-33;/h3-11,15-26,28H,12-14,27H2,1-2H3;1H. The van der Waals surface area contributed by atoms with E-state index in [1.54, 1.807) is 0 Å². The van der Waals surface area contributed by atoms with Crippen LogP contribution in [-0.2, 0) is 6.42 Å². The highest BCUT2D eigenvalue weighted by atomic mass is 79.9. The first kappa shape index (κ1) is 34.6. The minimum absolute atomic E-state index is 0. The molecule has 0 radical (unpaired) electrons. The number of hydrogen-bond donors (Lipinski definition) is 1. The van der Waals surface area contributed by atoms with E-state index in [1.807, 2.05) is 12.1 Å². The lowest BCUT2D eigenvalue weighted by Gasteiger charge is -2.27. The first-order valence-electron chi connectivity index (χ1n) is 15.7. The average Bonchev–Trinajstić information content (AvgIpc) is 3.11. The molecule has 0 atom stereocenters. The van der Waals surface area contributed by atoms with Gasteiger partial charge in [-0.25, -0.2) is 4.79 Å². The van der Waals surface area contributed by atoms with Gasteiger partial charge in [-0.15, -0.1) is 0 Å². The van der Waals surface area contributed by atoms with Crippen molar-refractivity contribution in [3.05, 3.63) is 149 Å². The Kier molecular flexibility index (Phi) is 11.2. The number of aryl methyl sites for hydroxylation is 1. The maximum atomic E-state index is 12.9. The van der Waals surface area contributed by atoms with E-state index in [4.69, 9.17) is 9.15 Å². The summed E-state index contributed by atoms with van der Waals surface area (Å²) in [6, 6.07) is 45.1. The molecule has 0 bridgehead atoms. The van der Waals surface area contributed by atoms with Gasteiger partial charge in [0.15, 0.2) is 16.8 Å². The molecule has 8 heteroatoms. The zero-order valence-electron chi connectivity index (χ0n) is 26.9. The Bertz CT molecular complexity index is 1940. The molecule has 6 aromatic rings. The third-order valence-electron chi connectivity index (χ3n) is 8.43. The average molecular weight is 723 g/mol. The molecular weight excluding hydrogens is 685 g/mol. The molecule has 1 N–H and O–H groups in total. The summed E-state index contributed by atoms with van der Waals surface area (Å²) < 4.78 is 11.2. The molecule has 0 aliphatic carbocycles. The number of unbranched alkanes of at least 4 members (excludes halogenated alkanes) is 1. The minimum Gasteiger partial charge on any atom is -1.00 e. The van der Waals surface area contributed by atoms with Crippen LogP contribution in [0.25, 0.3) is 22.3 Å². The Morgan fingerprint density at radius 1 is 0.750 bits per heavy atom. The Morgan fingerprint density at radius 3 is 1.81 bits per heavy atom. The van der Waals surface area contributed by atoms with Crippen LogP contribution in [0.5, 0.6) is 11.5 Å². The van der Waals surface area contributed by atoms with E-state index in [0.29, 0.717) is 11.3 Å². The number of benzene rings is 5. The van der Waals surface area contributed by atoms with E-state index in [1.165, 1.54) is 58.7 Å². The van der Waals surface area contributed by atoms with Crippen LogP contribution in [0.15, 0.2) is 143 Å². The lowest BCUT2D eigenvalue weighted by Crippen LogP contribution is -3.00. The van der Waals surface area contributed by atoms with Crippen LogP contribution >= 0.6 is 7.26 Å². The molecule has 5 aromatic carbocycles. The fourth-order valence-electron chi connectivity index (χ4n) is 5.99. The van der Waals surface area contributed by atoms with Gasteiger partial charge in [0.25, 0.3) is 0 Å². The van der Waals surface area contributed by atoms with Crippen molar-refractivity contribution >= 4 is 40.2 Å². The van der Waals surface area contributed by atoms with Crippen LogP contribution in [0.2, 0.25) is 0 Å². The van der Waals surface area contributed by atoms with E-state index >= 15 is 0 Å². The Labute approximate surface area is 291 Å². The molecule has 48 heavy (non-hydrogen) atoms. The lowest BCUT2D eigenvalue weighted by atomic mass is 10.0. The Morgan fingerprint density at radius 2 is 1.29 bits per heavy atom. The summed E-state index contributed by atoms with van der Waals surface area (Å²) in [4.78, 5) is 26.2. The van der Waals surface area contributed by atoms with E-state index in [2.05, 4.69) is 103 Å². The minimum atomic E-state index is -1.86. The van der Waals surface area contributed by atoms with Crippen LogP contribution in [0.3, 0.4) is 0 Å². The Hall–Kier alpha value is -4.71. The maximum Gasteiger partial charge on any atom is 0.414 e. The Balaban J connectivity index is 0.00000451. The molecule has 0 spiro atoms. The third kappa shape index (κ3) is 7.23. The van der Waals surface area contributed by atoms with Crippen molar-refractivity contribution in [3.63, 3.8) is 0 Å². The summed E-state index contributed by atoms with van der Waals surface area (Å²) in [6.07, 6.45) is 3.43. The second-order valence-corrected chi connectivity index (χ2v) is 15.3. The zero-order valence-corrected chi connectivity index (χ0v) is 29.4. The van der Waals surface area contributed by atoms with Gasteiger partial charge in [0.1, 0.15) is 28.9 Å². The highest BCUT2D eigenvalue weighted by molar-refractivity contribution is 7.95. The van der Waals surface area contributed by atoms with E-state index < -0.39 is 19.1 Å². The van der Waals surface area contributed by atoms with Gasteiger partial charge in [-0.05, 0) is 73.4 Å². The molecule has 0 fully saturated rings. The molecule has 1 aromatic heterocycles. The molecule has 0 aliphatic heterocycles. The number of halogens is 1. The lowest BCUT2D eigenvalue weighted by molar-refractivity contribution is -0.0000153. The van der Waals surface area contributed by atoms with Gasteiger partial charge in [-0.1, -0.05) is 78.9 Å². The smallest absolute Gasteiger partial charge is 0.414 e. The number of aromatic hydroxyl groups is 1. The fraction of sp³-hybridized carbons (Fsp3) is 0.150. The predicted molar refractivity (Wildman–Crippen MR) is 192 cm³/mol. The SMILES string of the molecule is CN(C)C(=O)Oc1ccc2c(=O)cc(-c3ccc(CCCC[P+](c4ccccc4)(c4ccccc4)c4ccccc4)cc3)oc2c1O.[Br-]. The van der Waals surface area contributed by atoms with Crippen molar-refractivity contribution < 1.29 is 36.0 Å². The zero-order chi connectivity index (χ0) is 32.8. The molecule has 0 unspecified atom stereocenters. The van der Waals surface area contributed by atoms with Crippen LogP contribution < -0.4 is 43.1 Å². The number of phenols is 1. The molecular formula is C40H37BrNO5P. The first-order valence-corrected chi connectivity index (χ1v) is 17.7. The van der Waals surface area contributed by atoms with Crippen LogP contribution in [0.4, 0.5) is 4.79 Å². The summed E-state index contributed by atoms with van der Waals surface area (Å²) in [6.45, 7) is 0. The summed E-state index contributed by atoms with van der Waals surface area (Å²) in [5.41, 5.74) is 1.58. The number of fused-ring (bicyclic) bond motifs is 1. The number of rotatable bonds is 10. The number of carbonyl (C=O) groups is 1. The molecule has 244 valence electrons. The summed E-state index contributed by atoms with van der Waals surface area (Å²) in [5, 5.41) is 15.2. The topological polar surface area (TPSA) is 80.0 Å². The summed E-state index contributed by atoms with van der Waals surface area (Å²) >= 11 is 0. The molecule has 1 heterocycles. The largest absolute Gasteiger partial charge is 1.00 e. The molecule has 6 nitrogen and oxygen atoms in total. The third-order valence-corrected chi connectivity index (χ3v) is 13.0. The summed E-state index contributed by atoms with van der Waals surface area (Å²) in [7, 11) is 1.22. The highest BCUT2D eigenvalue weighted by Gasteiger charge is 2.44. The quantitative estimate of drug-likeness (QED) is 0.166. The predicted octanol–water partition coefficient (Wildman–Crippen LogP) is 4.55. The first-order chi connectivity index (χ1) is 22.9. The van der Waals surface area contributed by atoms with Gasteiger partial charge in [0.05, 0.1) is 11.5 Å². The van der Waals surface area contributed by atoms with Crippen molar-refractivity contribution in [3.8, 4) is 22.8 Å². The van der Waals surface area contributed by atoms with Crippen molar-refractivity contribution in [1.82, 2.24) is 4.90 Å². The van der Waals surface area contributed by atoms with Gasteiger partial charge in [0.2, 0.25) is 5.75 Å². The molecule has 6 rings (SSSR count). The van der Waals surface area contributed by atoms with Crippen molar-refractivity contribution in [2.75, 3.05) is 20.3 Å². The van der Waals surface area contributed by atoms with Gasteiger partial charge >= 0.3 is 6.09 Å². The monoisotopic (exact) mass is 721 g/mol. The van der Waals surface area contributed by atoms with Crippen LogP contribution in [0.1, 0.15) is 18.4 Å². The normalized spacial score (nSPS) is 11.1. The van der Waals surface area contributed by atoms with Gasteiger partial charge in [-0.2, -0.15) is 0 Å². The molecule has 0 saturated carbocycles. The van der Waals surface area contributed by atoms with E-state index in [-0.39, 0.29) is 39.1 Å². The number of carbonyl (C=O) groups excluding carboxylic acids is 1. The van der Waals surface area contributed by atoms with E-state index in [9.17, 15) is 14.7 Å². The van der Waals surface area contributed by atoms with Crippen molar-refractivity contribution in [2.24, 2.45) is 0 Å². The van der Waals surface area contributed by atoms with Crippen LogP contribution in [-0.4, -0.2) is 36.4 Å². The summed E-state index contributed by atoms with van der Waals surface area (Å²) in [5.74, 6) is -0.151. The van der Waals surface area contributed by atoms with Crippen LogP contribution in [0, 0.1) is 0 Å².